The number of aliphatic imine (C=N–C) groups is 1. The van der Waals surface area contributed by atoms with E-state index in [4.69, 9.17) is 11.6 Å². The molecule has 1 N–H and O–H groups in total. The van der Waals surface area contributed by atoms with Crippen molar-refractivity contribution in [3.63, 3.8) is 0 Å². The average Bonchev–Trinajstić information content (AvgIpc) is 3.16. The summed E-state index contributed by atoms with van der Waals surface area (Å²) in [5, 5.41) is 2.70. The monoisotopic (exact) mass is 473 g/mol. The van der Waals surface area contributed by atoms with Crippen LogP contribution in [-0.4, -0.2) is 33.6 Å². The minimum Gasteiger partial charge on any atom is -0.296 e. The number of benzene rings is 2. The van der Waals surface area contributed by atoms with Gasteiger partial charge in [0.05, 0.1) is 17.2 Å². The van der Waals surface area contributed by atoms with Crippen molar-refractivity contribution in [1.29, 1.82) is 0 Å². The summed E-state index contributed by atoms with van der Waals surface area (Å²) in [7, 11) is 0. The van der Waals surface area contributed by atoms with Crippen molar-refractivity contribution in [1.82, 2.24) is 20.0 Å². The van der Waals surface area contributed by atoms with Crippen molar-refractivity contribution in [3.8, 4) is 0 Å². The van der Waals surface area contributed by atoms with Gasteiger partial charge in [-0.2, -0.15) is 0 Å². The van der Waals surface area contributed by atoms with Crippen LogP contribution in [0.1, 0.15) is 39.3 Å². The predicted octanol–water partition coefficient (Wildman–Crippen LogP) is 4.68. The molecule has 0 fully saturated rings. The third kappa shape index (κ3) is 4.13. The first kappa shape index (κ1) is 23.3. The molecule has 2 aromatic carbocycles. The number of hydrazine groups is 1. The van der Waals surface area contributed by atoms with Gasteiger partial charge in [-0.15, -0.1) is 0 Å². The standard InChI is InChI=1S/C24H26ClF2N5O/c1-14(2)24(11-31-12-28-16(4)30-31,20-8-6-18(26)10-21(20)27)15(3)32-13-29-22-9-17(25)5-7-19(22)23(32)33/h5-10,12-16,30H,11H2,1-4H3. The first-order valence-electron chi connectivity index (χ1n) is 10.8. The number of hydrogen-bond donors (Lipinski definition) is 1. The Bertz CT molecular complexity index is 1280. The van der Waals surface area contributed by atoms with E-state index in [1.807, 2.05) is 27.7 Å². The molecule has 0 saturated carbocycles. The molecule has 2 heterocycles. The van der Waals surface area contributed by atoms with Crippen LogP contribution in [0.3, 0.4) is 0 Å². The van der Waals surface area contributed by atoms with Gasteiger partial charge in [-0.1, -0.05) is 31.5 Å². The van der Waals surface area contributed by atoms with E-state index in [9.17, 15) is 9.18 Å². The van der Waals surface area contributed by atoms with Crippen molar-refractivity contribution < 1.29 is 8.78 Å². The molecule has 0 amide bonds. The zero-order valence-electron chi connectivity index (χ0n) is 18.9. The largest absolute Gasteiger partial charge is 0.296 e. The molecule has 1 aromatic heterocycles. The molecular weight excluding hydrogens is 448 g/mol. The molecule has 174 valence electrons. The van der Waals surface area contributed by atoms with Gasteiger partial charge in [0.2, 0.25) is 0 Å². The van der Waals surface area contributed by atoms with Crippen LogP contribution in [0, 0.1) is 17.6 Å². The maximum Gasteiger partial charge on any atom is 0.261 e. The summed E-state index contributed by atoms with van der Waals surface area (Å²) in [5.41, 5.74) is 2.83. The lowest BCUT2D eigenvalue weighted by Gasteiger charge is -2.45. The van der Waals surface area contributed by atoms with Crippen LogP contribution in [0.2, 0.25) is 5.02 Å². The van der Waals surface area contributed by atoms with E-state index in [2.05, 4.69) is 15.4 Å². The minimum absolute atomic E-state index is 0.127. The van der Waals surface area contributed by atoms with Gasteiger partial charge in [-0.05, 0) is 49.6 Å². The molecule has 33 heavy (non-hydrogen) atoms. The van der Waals surface area contributed by atoms with E-state index in [0.717, 1.165) is 6.07 Å². The second kappa shape index (κ2) is 8.83. The van der Waals surface area contributed by atoms with Crippen molar-refractivity contribution in [2.45, 2.75) is 45.3 Å². The highest BCUT2D eigenvalue weighted by Crippen LogP contribution is 2.44. The lowest BCUT2D eigenvalue weighted by Crippen LogP contribution is -2.53. The van der Waals surface area contributed by atoms with Crippen molar-refractivity contribution in [2.24, 2.45) is 10.9 Å². The molecule has 0 bridgehead atoms. The SMILES string of the molecule is CC1N=CN(CC(c2ccc(F)cc2F)(C(C)C)C(C)n2cnc3cc(Cl)ccc3c2=O)N1. The molecule has 1 aliphatic heterocycles. The van der Waals surface area contributed by atoms with Crippen molar-refractivity contribution in [2.75, 3.05) is 6.54 Å². The van der Waals surface area contributed by atoms with Gasteiger partial charge >= 0.3 is 0 Å². The smallest absolute Gasteiger partial charge is 0.261 e. The van der Waals surface area contributed by atoms with Gasteiger partial charge in [-0.25, -0.2) is 19.2 Å². The third-order valence-electron chi connectivity index (χ3n) is 6.59. The molecule has 3 aromatic rings. The molecule has 0 radical (unpaired) electrons. The van der Waals surface area contributed by atoms with Crippen LogP contribution >= 0.6 is 11.6 Å². The van der Waals surface area contributed by atoms with E-state index in [0.29, 0.717) is 28.0 Å². The van der Waals surface area contributed by atoms with E-state index in [-0.39, 0.29) is 17.6 Å². The van der Waals surface area contributed by atoms with Crippen LogP contribution in [0.25, 0.3) is 10.9 Å². The predicted molar refractivity (Wildman–Crippen MR) is 126 cm³/mol. The Morgan fingerprint density at radius 2 is 1.94 bits per heavy atom. The van der Waals surface area contributed by atoms with Gasteiger partial charge in [-0.3, -0.25) is 19.4 Å². The molecule has 1 aliphatic rings. The van der Waals surface area contributed by atoms with Crippen molar-refractivity contribution >= 4 is 28.8 Å². The molecule has 3 atom stereocenters. The Labute approximate surface area is 195 Å². The molecule has 9 heteroatoms. The van der Waals surface area contributed by atoms with Crippen LogP contribution in [0.5, 0.6) is 0 Å². The summed E-state index contributed by atoms with van der Waals surface area (Å²) < 4.78 is 30.7. The third-order valence-corrected chi connectivity index (χ3v) is 6.82. The van der Waals surface area contributed by atoms with Crippen LogP contribution in [-0.2, 0) is 5.41 Å². The maximum absolute atomic E-state index is 15.3. The van der Waals surface area contributed by atoms with Gasteiger partial charge in [0, 0.05) is 29.1 Å². The Kier molecular flexibility index (Phi) is 6.24. The zero-order chi connectivity index (χ0) is 23.9. The number of aromatic nitrogens is 2. The highest BCUT2D eigenvalue weighted by atomic mass is 35.5. The molecule has 3 unspecified atom stereocenters. The highest BCUT2D eigenvalue weighted by molar-refractivity contribution is 6.31. The minimum atomic E-state index is -0.938. The average molecular weight is 474 g/mol. The fraction of sp³-hybridized carbons (Fsp3) is 0.375. The number of halogens is 3. The number of rotatable bonds is 6. The number of nitrogens with zero attached hydrogens (tertiary/aromatic N) is 4. The van der Waals surface area contributed by atoms with Crippen LogP contribution in [0.4, 0.5) is 8.78 Å². The fourth-order valence-corrected chi connectivity index (χ4v) is 4.94. The Morgan fingerprint density at radius 3 is 2.58 bits per heavy atom. The van der Waals surface area contributed by atoms with E-state index in [1.54, 1.807) is 29.5 Å². The second-order valence-corrected chi connectivity index (χ2v) is 9.25. The van der Waals surface area contributed by atoms with Crippen LogP contribution < -0.4 is 11.0 Å². The summed E-state index contributed by atoms with van der Waals surface area (Å²) in [6.07, 6.45) is 3.01. The molecule has 0 spiro atoms. The molecular formula is C24H26ClF2N5O. The Balaban J connectivity index is 1.92. The molecule has 4 rings (SSSR count). The quantitative estimate of drug-likeness (QED) is 0.564. The number of nitrogens with one attached hydrogen (secondary N) is 1. The summed E-state index contributed by atoms with van der Waals surface area (Å²) >= 11 is 6.06. The number of fused-ring (bicyclic) bond motifs is 1. The first-order valence-corrected chi connectivity index (χ1v) is 11.2. The molecule has 6 nitrogen and oxygen atoms in total. The van der Waals surface area contributed by atoms with E-state index >= 15 is 4.39 Å². The molecule has 0 saturated heterocycles. The number of hydrogen-bond acceptors (Lipinski definition) is 5. The van der Waals surface area contributed by atoms with Crippen LogP contribution in [0.15, 0.2) is 52.5 Å². The summed E-state index contributed by atoms with van der Waals surface area (Å²) in [6, 6.07) is 7.98. The summed E-state index contributed by atoms with van der Waals surface area (Å²) in [5.74, 6) is -1.46. The van der Waals surface area contributed by atoms with Gasteiger partial charge < -0.3 is 0 Å². The molecule has 0 aliphatic carbocycles. The summed E-state index contributed by atoms with van der Waals surface area (Å²) in [6.45, 7) is 8.00. The van der Waals surface area contributed by atoms with Crippen molar-refractivity contribution in [3.05, 3.63) is 75.3 Å². The van der Waals surface area contributed by atoms with E-state index in [1.165, 1.54) is 23.0 Å². The zero-order valence-corrected chi connectivity index (χ0v) is 19.6. The van der Waals surface area contributed by atoms with Gasteiger partial charge in [0.1, 0.15) is 24.1 Å². The van der Waals surface area contributed by atoms with E-state index < -0.39 is 23.1 Å². The summed E-state index contributed by atoms with van der Waals surface area (Å²) in [4.78, 5) is 22.3. The first-order chi connectivity index (χ1) is 15.6. The topological polar surface area (TPSA) is 62.5 Å². The Morgan fingerprint density at radius 1 is 1.18 bits per heavy atom. The fourth-order valence-electron chi connectivity index (χ4n) is 4.77. The van der Waals surface area contributed by atoms with Gasteiger partial charge in [0.15, 0.2) is 0 Å². The maximum atomic E-state index is 15.3. The second-order valence-electron chi connectivity index (χ2n) is 8.81. The Hall–Kier alpha value is -2.84. The normalized spacial score (nSPS) is 18.8. The highest BCUT2D eigenvalue weighted by Gasteiger charge is 2.46. The lowest BCUT2D eigenvalue weighted by atomic mass is 9.66. The lowest BCUT2D eigenvalue weighted by molar-refractivity contribution is 0.132. The van der Waals surface area contributed by atoms with Gasteiger partial charge in [0.25, 0.3) is 5.56 Å².